The fourth-order valence-corrected chi connectivity index (χ4v) is 1.65. The van der Waals surface area contributed by atoms with Gasteiger partial charge in [0.1, 0.15) is 0 Å². The molecule has 0 spiro atoms. The first-order valence-corrected chi connectivity index (χ1v) is 6.03. The van der Waals surface area contributed by atoms with Crippen molar-refractivity contribution < 1.29 is 13.2 Å². The summed E-state index contributed by atoms with van der Waals surface area (Å²) in [6.45, 7) is 6.25. The minimum Gasteiger partial charge on any atom is -0.257 e. The summed E-state index contributed by atoms with van der Waals surface area (Å²) in [6.07, 6.45) is -4.54. The number of nitrogens with zero attached hydrogens (tertiary/aromatic N) is 2. The van der Waals surface area contributed by atoms with Crippen LogP contribution in [0.1, 0.15) is 31.9 Å². The molecule has 0 atom stereocenters. The molecule has 0 radical (unpaired) electrons. The molecule has 2 N–H and O–H groups in total. The summed E-state index contributed by atoms with van der Waals surface area (Å²) in [5.74, 6) is -0.911. The normalized spacial score (nSPS) is 15.9. The van der Waals surface area contributed by atoms with E-state index >= 15 is 0 Å². The maximum atomic E-state index is 12.4. The average Bonchev–Trinajstić information content (AvgIpc) is 2.37. The predicted octanol–water partition coefficient (Wildman–Crippen LogP) is 2.71. The third kappa shape index (κ3) is 3.09. The Morgan fingerprint density at radius 3 is 1.90 bits per heavy atom. The molecule has 1 aromatic carbocycles. The van der Waals surface area contributed by atoms with E-state index in [4.69, 9.17) is 0 Å². The molecule has 0 unspecified atom stereocenters. The minimum atomic E-state index is -4.54. The van der Waals surface area contributed by atoms with Crippen molar-refractivity contribution in [3.63, 3.8) is 0 Å². The third-order valence-electron chi connectivity index (χ3n) is 2.84. The largest absolute Gasteiger partial charge is 0.452 e. The Bertz CT molecular complexity index is 550. The van der Waals surface area contributed by atoms with Crippen LogP contribution in [0.25, 0.3) is 0 Å². The highest BCUT2D eigenvalue weighted by Crippen LogP contribution is 2.22. The van der Waals surface area contributed by atoms with Crippen LogP contribution in [-0.4, -0.2) is 17.8 Å². The van der Waals surface area contributed by atoms with E-state index in [1.165, 1.54) is 0 Å². The van der Waals surface area contributed by atoms with Crippen LogP contribution in [0, 0.1) is 0 Å². The first-order valence-electron chi connectivity index (χ1n) is 6.03. The fraction of sp³-hybridized carbons (Fsp3) is 0.385. The van der Waals surface area contributed by atoms with Crippen LogP contribution in [0.15, 0.2) is 34.5 Å². The Balaban J connectivity index is 2.14. The Morgan fingerprint density at radius 1 is 0.900 bits per heavy atom. The van der Waals surface area contributed by atoms with E-state index in [0.717, 1.165) is 5.56 Å². The van der Waals surface area contributed by atoms with Crippen LogP contribution in [0.2, 0.25) is 0 Å². The number of hydrogen-bond donors (Lipinski definition) is 2. The van der Waals surface area contributed by atoms with Crippen LogP contribution in [-0.2, 0) is 5.41 Å². The first kappa shape index (κ1) is 14.4. The van der Waals surface area contributed by atoms with Crippen LogP contribution in [0.5, 0.6) is 0 Å². The summed E-state index contributed by atoms with van der Waals surface area (Å²) < 4.78 is 37.1. The van der Waals surface area contributed by atoms with Gasteiger partial charge in [0.2, 0.25) is 5.84 Å². The zero-order valence-corrected chi connectivity index (χ0v) is 11.3. The van der Waals surface area contributed by atoms with Gasteiger partial charge in [-0.1, -0.05) is 45.0 Å². The van der Waals surface area contributed by atoms with Crippen LogP contribution >= 0.6 is 0 Å². The van der Waals surface area contributed by atoms with Crippen LogP contribution < -0.4 is 10.9 Å². The molecular formula is C13H15F3N4. The standard InChI is InChI=1S/C13H15F3N4/c1-12(2,3)9-6-4-8(5-7-9)10-17-19-11(20-18-10)13(14,15)16/h4-7H,1-3H3,(H,17,18)(H,19,20). The second-order valence-corrected chi connectivity index (χ2v) is 5.47. The summed E-state index contributed by atoms with van der Waals surface area (Å²) in [6, 6.07) is 7.43. The maximum absolute atomic E-state index is 12.4. The predicted molar refractivity (Wildman–Crippen MR) is 71.4 cm³/mol. The van der Waals surface area contributed by atoms with Gasteiger partial charge in [-0.25, -0.2) is 0 Å². The molecule has 0 bridgehead atoms. The van der Waals surface area contributed by atoms with E-state index in [0.29, 0.717) is 5.56 Å². The highest BCUT2D eigenvalue weighted by Gasteiger charge is 2.37. The van der Waals surface area contributed by atoms with Gasteiger partial charge in [0.05, 0.1) is 0 Å². The van der Waals surface area contributed by atoms with Crippen LogP contribution in [0.3, 0.4) is 0 Å². The molecule has 0 amide bonds. The van der Waals surface area contributed by atoms with Gasteiger partial charge in [0, 0.05) is 5.56 Å². The van der Waals surface area contributed by atoms with E-state index in [1.54, 1.807) is 12.1 Å². The lowest BCUT2D eigenvalue weighted by Crippen LogP contribution is -2.42. The lowest BCUT2D eigenvalue weighted by Gasteiger charge is -2.20. The first-order chi connectivity index (χ1) is 9.18. The van der Waals surface area contributed by atoms with Crippen molar-refractivity contribution in [1.29, 1.82) is 0 Å². The zero-order chi connectivity index (χ0) is 15.0. The summed E-state index contributed by atoms with van der Waals surface area (Å²) in [5.41, 5.74) is 6.01. The lowest BCUT2D eigenvalue weighted by molar-refractivity contribution is -0.0623. The number of hydrazone groups is 2. The fourth-order valence-electron chi connectivity index (χ4n) is 1.65. The highest BCUT2D eigenvalue weighted by atomic mass is 19.4. The molecule has 1 aromatic rings. The summed E-state index contributed by atoms with van der Waals surface area (Å²) >= 11 is 0. The van der Waals surface area contributed by atoms with Crippen molar-refractivity contribution in [1.82, 2.24) is 10.9 Å². The highest BCUT2D eigenvalue weighted by molar-refractivity contribution is 6.02. The summed E-state index contributed by atoms with van der Waals surface area (Å²) in [7, 11) is 0. The van der Waals surface area contributed by atoms with Gasteiger partial charge in [0.15, 0.2) is 5.84 Å². The van der Waals surface area contributed by atoms with Gasteiger partial charge in [-0.2, -0.15) is 18.3 Å². The molecule has 4 nitrogen and oxygen atoms in total. The van der Waals surface area contributed by atoms with Crippen molar-refractivity contribution in [3.8, 4) is 0 Å². The SMILES string of the molecule is CC(C)(C)c1ccc(C2=NNC(C(F)(F)F)=NN2)cc1. The number of nitrogens with one attached hydrogen (secondary N) is 2. The van der Waals surface area contributed by atoms with Crippen molar-refractivity contribution in [2.75, 3.05) is 0 Å². The van der Waals surface area contributed by atoms with E-state index in [9.17, 15) is 13.2 Å². The molecule has 0 aromatic heterocycles. The number of halogens is 3. The van der Waals surface area contributed by atoms with Crippen molar-refractivity contribution in [3.05, 3.63) is 35.4 Å². The molecule has 1 aliphatic heterocycles. The maximum Gasteiger partial charge on any atom is 0.452 e. The molecule has 0 aliphatic carbocycles. The summed E-state index contributed by atoms with van der Waals surface area (Å²) in [4.78, 5) is 0. The zero-order valence-electron chi connectivity index (χ0n) is 11.3. The van der Waals surface area contributed by atoms with Gasteiger partial charge in [-0.05, 0) is 11.0 Å². The van der Waals surface area contributed by atoms with Gasteiger partial charge < -0.3 is 0 Å². The van der Waals surface area contributed by atoms with E-state index in [2.05, 4.69) is 36.4 Å². The second kappa shape index (κ2) is 4.81. The van der Waals surface area contributed by atoms with E-state index in [-0.39, 0.29) is 11.3 Å². The van der Waals surface area contributed by atoms with Gasteiger partial charge >= 0.3 is 6.18 Å². The molecule has 7 heteroatoms. The van der Waals surface area contributed by atoms with E-state index < -0.39 is 12.0 Å². The van der Waals surface area contributed by atoms with Crippen molar-refractivity contribution >= 4 is 11.7 Å². The third-order valence-corrected chi connectivity index (χ3v) is 2.84. The average molecular weight is 284 g/mol. The number of amidine groups is 2. The molecule has 0 saturated heterocycles. The Kier molecular flexibility index (Phi) is 3.45. The molecule has 0 fully saturated rings. The van der Waals surface area contributed by atoms with Crippen molar-refractivity contribution in [2.24, 2.45) is 10.2 Å². The monoisotopic (exact) mass is 284 g/mol. The molecule has 20 heavy (non-hydrogen) atoms. The molecule has 2 rings (SSSR count). The number of rotatable bonds is 1. The van der Waals surface area contributed by atoms with E-state index in [1.807, 2.05) is 17.6 Å². The Hall–Kier alpha value is -2.05. The molecule has 1 aliphatic rings. The molecular weight excluding hydrogens is 269 g/mol. The quantitative estimate of drug-likeness (QED) is 0.833. The second-order valence-electron chi connectivity index (χ2n) is 5.47. The number of hydrogen-bond acceptors (Lipinski definition) is 4. The van der Waals surface area contributed by atoms with Gasteiger partial charge in [0.25, 0.3) is 0 Å². The topological polar surface area (TPSA) is 48.8 Å². The molecule has 108 valence electrons. The Labute approximate surface area is 114 Å². The van der Waals surface area contributed by atoms with Gasteiger partial charge in [-0.15, -0.1) is 5.10 Å². The number of benzene rings is 1. The van der Waals surface area contributed by atoms with Crippen LogP contribution in [0.4, 0.5) is 13.2 Å². The molecule has 1 heterocycles. The van der Waals surface area contributed by atoms with Gasteiger partial charge in [-0.3, -0.25) is 10.9 Å². The smallest absolute Gasteiger partial charge is 0.257 e. The van der Waals surface area contributed by atoms with Crippen molar-refractivity contribution in [2.45, 2.75) is 32.4 Å². The molecule has 0 saturated carbocycles. The Morgan fingerprint density at radius 2 is 1.50 bits per heavy atom. The lowest BCUT2D eigenvalue weighted by atomic mass is 9.86. The number of alkyl halides is 3. The summed E-state index contributed by atoms with van der Waals surface area (Å²) in [5, 5.41) is 6.87. The minimum absolute atomic E-state index is 0.0141.